The van der Waals surface area contributed by atoms with E-state index >= 15 is 0 Å². The van der Waals surface area contributed by atoms with E-state index in [1.54, 1.807) is 6.08 Å². The van der Waals surface area contributed by atoms with Gasteiger partial charge in [-0.25, -0.2) is 4.39 Å². The smallest absolute Gasteiger partial charge is 0.307 e. The molecule has 0 spiro atoms. The number of carbonyl (C=O) groups excluding carboxylic acids is 1. The van der Waals surface area contributed by atoms with Gasteiger partial charge < -0.3 is 4.74 Å². The summed E-state index contributed by atoms with van der Waals surface area (Å²) in [7, 11) is 0. The molecule has 1 saturated carbocycles. The lowest BCUT2D eigenvalue weighted by atomic mass is 10.1. The number of allylic oxidation sites excluding steroid dienone is 4. The molecule has 2 aliphatic carbocycles. The topological polar surface area (TPSA) is 26.3 Å². The number of hydrogen-bond acceptors (Lipinski definition) is 2. The summed E-state index contributed by atoms with van der Waals surface area (Å²) in [5.41, 5.74) is 0. The van der Waals surface area contributed by atoms with E-state index in [1.165, 1.54) is 13.0 Å². The quantitative estimate of drug-likeness (QED) is 0.559. The van der Waals surface area contributed by atoms with Crippen molar-refractivity contribution in [1.82, 2.24) is 0 Å². The van der Waals surface area contributed by atoms with Crippen molar-refractivity contribution in [2.24, 2.45) is 11.8 Å². The summed E-state index contributed by atoms with van der Waals surface area (Å²) in [6.45, 7) is 1.35. The van der Waals surface area contributed by atoms with Crippen molar-refractivity contribution in [3.8, 4) is 0 Å². The minimum absolute atomic E-state index is 0.00986. The average molecular weight is 168 g/mol. The second-order valence-electron chi connectivity index (χ2n) is 3.16. The second kappa shape index (κ2) is 2.44. The van der Waals surface area contributed by atoms with Crippen LogP contribution in [0.3, 0.4) is 0 Å². The lowest BCUT2D eigenvalue weighted by molar-refractivity contribution is -0.137. The Morgan fingerprint density at radius 2 is 2.33 bits per heavy atom. The fraction of sp³-hybridized carbons (Fsp3) is 0.444. The molecule has 2 aliphatic rings. The molecule has 2 rings (SSSR count). The monoisotopic (exact) mass is 168 g/mol. The van der Waals surface area contributed by atoms with Crippen molar-refractivity contribution >= 4 is 5.97 Å². The van der Waals surface area contributed by atoms with E-state index in [9.17, 15) is 9.18 Å². The molecule has 0 amide bonds. The Bertz CT molecular complexity index is 291. The van der Waals surface area contributed by atoms with E-state index in [4.69, 9.17) is 4.74 Å². The van der Waals surface area contributed by atoms with Crippen LogP contribution in [-0.4, -0.2) is 5.97 Å². The van der Waals surface area contributed by atoms with Crippen molar-refractivity contribution in [3.05, 3.63) is 23.7 Å². The number of halogens is 1. The van der Waals surface area contributed by atoms with Crippen LogP contribution in [0.1, 0.15) is 13.3 Å². The summed E-state index contributed by atoms with van der Waals surface area (Å²) in [4.78, 5) is 10.6. The van der Waals surface area contributed by atoms with Crippen LogP contribution in [0.2, 0.25) is 0 Å². The number of esters is 1. The molecule has 0 N–H and O–H groups in total. The van der Waals surface area contributed by atoms with Crippen LogP contribution in [-0.2, 0) is 9.53 Å². The highest BCUT2D eigenvalue weighted by Crippen LogP contribution is 2.51. The molecular formula is C9H9FO2. The first-order valence-corrected chi connectivity index (χ1v) is 3.94. The maximum atomic E-state index is 12.8. The predicted molar refractivity (Wildman–Crippen MR) is 40.6 cm³/mol. The number of fused-ring (bicyclic) bond motifs is 1. The van der Waals surface area contributed by atoms with Gasteiger partial charge in [0.2, 0.25) is 0 Å². The molecule has 0 aromatic heterocycles. The van der Waals surface area contributed by atoms with Crippen LogP contribution in [0.15, 0.2) is 23.7 Å². The molecule has 2 atom stereocenters. The zero-order valence-corrected chi connectivity index (χ0v) is 6.71. The summed E-state index contributed by atoms with van der Waals surface area (Å²) in [5.74, 6) is 0.315. The molecule has 0 aromatic carbocycles. The summed E-state index contributed by atoms with van der Waals surface area (Å²) in [5, 5.41) is 0. The van der Waals surface area contributed by atoms with Gasteiger partial charge in [-0.2, -0.15) is 0 Å². The van der Waals surface area contributed by atoms with Gasteiger partial charge >= 0.3 is 5.97 Å². The molecule has 3 heteroatoms. The highest BCUT2D eigenvalue weighted by Gasteiger charge is 2.46. The van der Waals surface area contributed by atoms with Crippen LogP contribution < -0.4 is 0 Å². The molecular weight excluding hydrogens is 159 g/mol. The van der Waals surface area contributed by atoms with Crippen molar-refractivity contribution in [3.63, 3.8) is 0 Å². The Hall–Kier alpha value is -1.12. The zero-order chi connectivity index (χ0) is 8.72. The molecule has 0 bridgehead atoms. The first kappa shape index (κ1) is 7.53. The first-order chi connectivity index (χ1) is 5.68. The van der Waals surface area contributed by atoms with Gasteiger partial charge in [0.1, 0.15) is 11.6 Å². The maximum absolute atomic E-state index is 12.8. The lowest BCUT2D eigenvalue weighted by Gasteiger charge is -2.08. The molecule has 0 aromatic rings. The van der Waals surface area contributed by atoms with Crippen molar-refractivity contribution in [1.29, 1.82) is 0 Å². The van der Waals surface area contributed by atoms with Gasteiger partial charge in [0.25, 0.3) is 0 Å². The number of rotatable bonds is 1. The molecule has 64 valence electrons. The molecule has 2 unspecified atom stereocenters. The van der Waals surface area contributed by atoms with Gasteiger partial charge in [-0.15, -0.1) is 0 Å². The largest absolute Gasteiger partial charge is 0.431 e. The van der Waals surface area contributed by atoms with Crippen molar-refractivity contribution in [2.75, 3.05) is 0 Å². The predicted octanol–water partition coefficient (Wildman–Crippen LogP) is 1.94. The number of carbonyl (C=O) groups is 1. The standard InChI is InChI=1S/C9H9FO2/c1-5(11)12-9-3-2-8(10)6-4-7(6)9/h2-3,6-7H,4H2,1H3. The van der Waals surface area contributed by atoms with E-state index < -0.39 is 0 Å². The summed E-state index contributed by atoms with van der Waals surface area (Å²) in [6, 6.07) is 0. The minimum atomic E-state index is -0.331. The van der Waals surface area contributed by atoms with E-state index in [0.717, 1.165) is 6.42 Å². The molecule has 0 aliphatic heterocycles. The van der Waals surface area contributed by atoms with E-state index in [2.05, 4.69) is 0 Å². The zero-order valence-electron chi connectivity index (χ0n) is 6.71. The average Bonchev–Trinajstić information content (AvgIpc) is 2.73. The van der Waals surface area contributed by atoms with E-state index in [1.807, 2.05) is 0 Å². The van der Waals surface area contributed by atoms with Gasteiger partial charge in [0.15, 0.2) is 0 Å². The summed E-state index contributed by atoms with van der Waals surface area (Å²) in [6.07, 6.45) is 3.71. The third-order valence-corrected chi connectivity index (χ3v) is 2.18. The first-order valence-electron chi connectivity index (χ1n) is 3.94. The van der Waals surface area contributed by atoms with Crippen LogP contribution in [0.25, 0.3) is 0 Å². The number of hydrogen-bond donors (Lipinski definition) is 0. The lowest BCUT2D eigenvalue weighted by Crippen LogP contribution is -2.03. The third-order valence-electron chi connectivity index (χ3n) is 2.18. The van der Waals surface area contributed by atoms with Gasteiger partial charge in [-0.3, -0.25) is 4.79 Å². The SMILES string of the molecule is CC(=O)OC1=CC=C(F)C2CC12. The molecule has 1 fully saturated rings. The summed E-state index contributed by atoms with van der Waals surface area (Å²) < 4.78 is 17.7. The molecule has 12 heavy (non-hydrogen) atoms. The number of ether oxygens (including phenoxy) is 1. The molecule has 0 heterocycles. The Kier molecular flexibility index (Phi) is 1.53. The maximum Gasteiger partial charge on any atom is 0.307 e. The van der Waals surface area contributed by atoms with Crippen molar-refractivity contribution in [2.45, 2.75) is 13.3 Å². The Morgan fingerprint density at radius 3 is 3.00 bits per heavy atom. The molecule has 2 nitrogen and oxygen atoms in total. The molecule has 0 radical (unpaired) electrons. The Balaban J connectivity index is 2.12. The van der Waals surface area contributed by atoms with E-state index in [0.29, 0.717) is 5.76 Å². The van der Waals surface area contributed by atoms with Crippen LogP contribution in [0.4, 0.5) is 4.39 Å². The third kappa shape index (κ3) is 1.15. The Morgan fingerprint density at radius 1 is 1.58 bits per heavy atom. The van der Waals surface area contributed by atoms with Crippen LogP contribution in [0, 0.1) is 11.8 Å². The van der Waals surface area contributed by atoms with Gasteiger partial charge in [-0.05, 0) is 18.6 Å². The van der Waals surface area contributed by atoms with Gasteiger partial charge in [-0.1, -0.05) is 0 Å². The summed E-state index contributed by atoms with van der Waals surface area (Å²) >= 11 is 0. The Labute approximate surface area is 69.7 Å². The van der Waals surface area contributed by atoms with E-state index in [-0.39, 0.29) is 23.6 Å². The second-order valence-corrected chi connectivity index (χ2v) is 3.16. The highest BCUT2D eigenvalue weighted by molar-refractivity contribution is 5.67. The fourth-order valence-corrected chi connectivity index (χ4v) is 1.50. The van der Waals surface area contributed by atoms with Crippen LogP contribution in [0.5, 0.6) is 0 Å². The minimum Gasteiger partial charge on any atom is -0.431 e. The fourth-order valence-electron chi connectivity index (χ4n) is 1.50. The van der Waals surface area contributed by atoms with Gasteiger partial charge in [0, 0.05) is 18.8 Å². The normalized spacial score (nSPS) is 31.5. The van der Waals surface area contributed by atoms with Gasteiger partial charge in [0.05, 0.1) is 0 Å². The molecule has 0 saturated heterocycles. The van der Waals surface area contributed by atoms with Crippen molar-refractivity contribution < 1.29 is 13.9 Å². The van der Waals surface area contributed by atoms with Crippen LogP contribution >= 0.6 is 0 Å². The highest BCUT2D eigenvalue weighted by atomic mass is 19.1.